The number of methoxy groups -OCH3 is 1. The Morgan fingerprint density at radius 3 is 2.25 bits per heavy atom. The number of ether oxygens (including phenoxy) is 2. The summed E-state index contributed by atoms with van der Waals surface area (Å²) in [4.78, 5) is 1.80. The molecule has 0 saturated carbocycles. The highest BCUT2D eigenvalue weighted by Crippen LogP contribution is 2.34. The van der Waals surface area contributed by atoms with E-state index in [9.17, 15) is 5.11 Å². The molecule has 0 aliphatic heterocycles. The zero-order valence-electron chi connectivity index (χ0n) is 15.2. The van der Waals surface area contributed by atoms with Gasteiger partial charge in [-0.2, -0.15) is 0 Å². The summed E-state index contributed by atoms with van der Waals surface area (Å²) in [5.41, 5.74) is 0.894. The molecule has 0 fully saturated rings. The smallest absolute Gasteiger partial charge is 0.123 e. The van der Waals surface area contributed by atoms with Gasteiger partial charge < -0.3 is 24.8 Å². The van der Waals surface area contributed by atoms with E-state index in [1.165, 1.54) is 0 Å². The number of benzene rings is 1. The summed E-state index contributed by atoms with van der Waals surface area (Å²) >= 11 is 0. The highest BCUT2D eigenvalue weighted by atomic mass is 16.5. The van der Waals surface area contributed by atoms with Crippen molar-refractivity contribution < 1.29 is 24.8 Å². The Morgan fingerprint density at radius 2 is 1.75 bits per heavy atom. The molecule has 0 radical (unpaired) electrons. The average Bonchev–Trinajstić information content (AvgIpc) is 2.52. The lowest BCUT2D eigenvalue weighted by molar-refractivity contribution is 0.0547. The molecule has 0 bridgehead atoms. The molecule has 0 unspecified atom stereocenters. The van der Waals surface area contributed by atoms with Crippen molar-refractivity contribution in [2.24, 2.45) is 0 Å². The van der Waals surface area contributed by atoms with Crippen molar-refractivity contribution in [2.75, 3.05) is 46.6 Å². The number of hydrogen-bond acceptors (Lipinski definition) is 6. The molecule has 1 atom stereocenters. The van der Waals surface area contributed by atoms with Gasteiger partial charge in [0.15, 0.2) is 0 Å². The monoisotopic (exact) mass is 341 g/mol. The predicted octanol–water partition coefficient (Wildman–Crippen LogP) is 1.02. The van der Waals surface area contributed by atoms with E-state index in [2.05, 4.69) is 20.8 Å². The molecule has 0 heterocycles. The Hall–Kier alpha value is -1.34. The van der Waals surface area contributed by atoms with E-state index in [-0.39, 0.29) is 25.2 Å². The normalized spacial score (nSPS) is 13.2. The van der Waals surface area contributed by atoms with Crippen LogP contribution < -0.4 is 9.47 Å². The molecule has 6 nitrogen and oxygen atoms in total. The van der Waals surface area contributed by atoms with Crippen LogP contribution in [-0.2, 0) is 5.41 Å². The molecule has 0 aliphatic rings. The number of aliphatic hydroxyl groups is 3. The van der Waals surface area contributed by atoms with E-state index in [1.54, 1.807) is 12.0 Å². The second-order valence-electron chi connectivity index (χ2n) is 6.82. The van der Waals surface area contributed by atoms with Gasteiger partial charge in [0.1, 0.15) is 24.2 Å². The molecule has 1 aromatic carbocycles. The third-order valence-corrected chi connectivity index (χ3v) is 3.73. The van der Waals surface area contributed by atoms with Crippen LogP contribution in [0.15, 0.2) is 18.2 Å². The highest BCUT2D eigenvalue weighted by molar-refractivity contribution is 5.44. The van der Waals surface area contributed by atoms with Crippen molar-refractivity contribution in [3.8, 4) is 11.5 Å². The summed E-state index contributed by atoms with van der Waals surface area (Å²) < 4.78 is 11.1. The highest BCUT2D eigenvalue weighted by Gasteiger charge is 2.21. The van der Waals surface area contributed by atoms with Crippen LogP contribution in [0.25, 0.3) is 0 Å². The van der Waals surface area contributed by atoms with Gasteiger partial charge in [-0.1, -0.05) is 20.8 Å². The molecular formula is C18H31NO5. The van der Waals surface area contributed by atoms with Crippen molar-refractivity contribution >= 4 is 0 Å². The number of rotatable bonds is 10. The number of hydrogen-bond donors (Lipinski definition) is 3. The fourth-order valence-corrected chi connectivity index (χ4v) is 2.46. The summed E-state index contributed by atoms with van der Waals surface area (Å²) in [6.45, 7) is 7.55. The second kappa shape index (κ2) is 9.84. The first-order valence-corrected chi connectivity index (χ1v) is 8.25. The fourth-order valence-electron chi connectivity index (χ4n) is 2.46. The van der Waals surface area contributed by atoms with E-state index < -0.39 is 6.10 Å². The lowest BCUT2D eigenvalue weighted by Gasteiger charge is -2.26. The van der Waals surface area contributed by atoms with E-state index >= 15 is 0 Å². The summed E-state index contributed by atoms with van der Waals surface area (Å²) in [5.74, 6) is 1.49. The van der Waals surface area contributed by atoms with Crippen molar-refractivity contribution in [2.45, 2.75) is 32.3 Å². The van der Waals surface area contributed by atoms with Gasteiger partial charge in [0, 0.05) is 25.2 Å². The molecule has 3 N–H and O–H groups in total. The molecule has 138 valence electrons. The zero-order chi connectivity index (χ0) is 18.2. The molecule has 24 heavy (non-hydrogen) atoms. The minimum absolute atomic E-state index is 0.0137. The first kappa shape index (κ1) is 20.7. The SMILES string of the molecule is COc1ccc(OC[C@@H](O)CN(CCO)CCO)c(C(C)(C)C)c1. The molecule has 0 spiro atoms. The summed E-state index contributed by atoms with van der Waals surface area (Å²) in [6, 6.07) is 5.64. The summed E-state index contributed by atoms with van der Waals surface area (Å²) in [7, 11) is 1.63. The Balaban J connectivity index is 2.72. The predicted molar refractivity (Wildman–Crippen MR) is 93.8 cm³/mol. The number of nitrogens with zero attached hydrogens (tertiary/aromatic N) is 1. The average molecular weight is 341 g/mol. The Labute approximate surface area is 144 Å². The number of aliphatic hydroxyl groups excluding tert-OH is 3. The zero-order valence-corrected chi connectivity index (χ0v) is 15.2. The maximum atomic E-state index is 10.2. The lowest BCUT2D eigenvalue weighted by atomic mass is 9.86. The first-order valence-electron chi connectivity index (χ1n) is 8.25. The summed E-state index contributed by atoms with van der Waals surface area (Å²) in [5, 5.41) is 28.2. The standard InChI is InChI=1S/C18H31NO5/c1-18(2,3)16-11-15(23-4)5-6-17(16)24-13-14(22)12-19(7-9-20)8-10-21/h5-6,11,14,20-22H,7-10,12-13H2,1-4H3/t14-/m0/s1. The van der Waals surface area contributed by atoms with Crippen LogP contribution in [0.5, 0.6) is 11.5 Å². The third kappa shape index (κ3) is 6.65. The lowest BCUT2D eigenvalue weighted by Crippen LogP contribution is -2.39. The van der Waals surface area contributed by atoms with E-state index in [4.69, 9.17) is 19.7 Å². The quantitative estimate of drug-likeness (QED) is 0.589. The van der Waals surface area contributed by atoms with Crippen LogP contribution >= 0.6 is 0 Å². The largest absolute Gasteiger partial charge is 0.497 e. The van der Waals surface area contributed by atoms with E-state index in [0.717, 1.165) is 17.1 Å². The van der Waals surface area contributed by atoms with Gasteiger partial charge in [0.05, 0.1) is 20.3 Å². The van der Waals surface area contributed by atoms with Gasteiger partial charge >= 0.3 is 0 Å². The minimum Gasteiger partial charge on any atom is -0.497 e. The Morgan fingerprint density at radius 1 is 1.12 bits per heavy atom. The second-order valence-corrected chi connectivity index (χ2v) is 6.82. The Kier molecular flexibility index (Phi) is 8.48. The molecule has 0 aromatic heterocycles. The van der Waals surface area contributed by atoms with Crippen LogP contribution in [-0.4, -0.2) is 72.9 Å². The molecule has 0 aliphatic carbocycles. The van der Waals surface area contributed by atoms with Crippen molar-refractivity contribution in [3.05, 3.63) is 23.8 Å². The van der Waals surface area contributed by atoms with E-state index in [0.29, 0.717) is 19.6 Å². The molecule has 0 saturated heterocycles. The van der Waals surface area contributed by atoms with Gasteiger partial charge in [-0.25, -0.2) is 0 Å². The molecule has 1 aromatic rings. The summed E-state index contributed by atoms with van der Waals surface area (Å²) in [6.07, 6.45) is -0.710. The topological polar surface area (TPSA) is 82.4 Å². The molecule has 6 heteroatoms. The molecule has 0 amide bonds. The first-order chi connectivity index (χ1) is 11.3. The van der Waals surface area contributed by atoms with E-state index in [1.807, 2.05) is 18.2 Å². The van der Waals surface area contributed by atoms with Gasteiger partial charge in [-0.05, 0) is 23.6 Å². The van der Waals surface area contributed by atoms with Crippen molar-refractivity contribution in [3.63, 3.8) is 0 Å². The maximum absolute atomic E-state index is 10.2. The van der Waals surface area contributed by atoms with Crippen molar-refractivity contribution in [1.29, 1.82) is 0 Å². The Bertz CT molecular complexity index is 481. The van der Waals surface area contributed by atoms with Gasteiger partial charge in [0.25, 0.3) is 0 Å². The van der Waals surface area contributed by atoms with Crippen LogP contribution in [0.3, 0.4) is 0 Å². The van der Waals surface area contributed by atoms with Gasteiger partial charge in [-0.3, -0.25) is 4.90 Å². The van der Waals surface area contributed by atoms with Crippen LogP contribution in [0.4, 0.5) is 0 Å². The fraction of sp³-hybridized carbons (Fsp3) is 0.667. The maximum Gasteiger partial charge on any atom is 0.123 e. The molecule has 1 rings (SSSR count). The van der Waals surface area contributed by atoms with Crippen LogP contribution in [0.2, 0.25) is 0 Å². The van der Waals surface area contributed by atoms with Crippen LogP contribution in [0.1, 0.15) is 26.3 Å². The third-order valence-electron chi connectivity index (χ3n) is 3.73. The van der Waals surface area contributed by atoms with Gasteiger partial charge in [-0.15, -0.1) is 0 Å². The van der Waals surface area contributed by atoms with Crippen LogP contribution in [0, 0.1) is 0 Å². The minimum atomic E-state index is -0.710. The van der Waals surface area contributed by atoms with Crippen molar-refractivity contribution in [1.82, 2.24) is 4.90 Å². The molecular weight excluding hydrogens is 310 g/mol. The van der Waals surface area contributed by atoms with Gasteiger partial charge in [0.2, 0.25) is 0 Å².